The first-order valence-electron chi connectivity index (χ1n) is 12.6. The summed E-state index contributed by atoms with van der Waals surface area (Å²) in [5.41, 5.74) is 3.24. The van der Waals surface area contributed by atoms with Crippen molar-refractivity contribution in [3.63, 3.8) is 0 Å². The SMILES string of the molecule is Cc1cccc(C(=O)OCC2C3CCC2N(Cc2ccccc2)C3)c1N1C(=O)c2ccccc2C1=O.Cl. The summed E-state index contributed by atoms with van der Waals surface area (Å²) in [5, 5.41) is 0. The van der Waals surface area contributed by atoms with Crippen molar-refractivity contribution in [1.82, 2.24) is 4.90 Å². The zero-order chi connectivity index (χ0) is 24.8. The van der Waals surface area contributed by atoms with Crippen LogP contribution in [0.4, 0.5) is 5.69 Å². The predicted molar refractivity (Wildman–Crippen MR) is 143 cm³/mol. The number of amides is 2. The van der Waals surface area contributed by atoms with Gasteiger partial charge in [-0.25, -0.2) is 9.69 Å². The number of nitrogens with zero attached hydrogens (tertiary/aromatic N) is 2. The number of hydrogen-bond donors (Lipinski definition) is 0. The van der Waals surface area contributed by atoms with Crippen molar-refractivity contribution in [3.8, 4) is 0 Å². The largest absolute Gasteiger partial charge is 0.462 e. The van der Waals surface area contributed by atoms with E-state index in [0.29, 0.717) is 46.9 Å². The number of para-hydroxylation sites is 1. The number of carbonyl (C=O) groups is 3. The van der Waals surface area contributed by atoms with Gasteiger partial charge in [0.15, 0.2) is 0 Å². The fraction of sp³-hybridized carbons (Fsp3) is 0.300. The molecule has 6 nitrogen and oxygen atoms in total. The minimum Gasteiger partial charge on any atom is -0.462 e. The Kier molecular flexibility index (Phi) is 6.88. The number of halogens is 1. The van der Waals surface area contributed by atoms with Gasteiger partial charge in [-0.05, 0) is 55.0 Å². The van der Waals surface area contributed by atoms with Crippen LogP contribution >= 0.6 is 12.4 Å². The molecule has 37 heavy (non-hydrogen) atoms. The lowest BCUT2D eigenvalue weighted by molar-refractivity contribution is 0.0409. The standard InChI is InChI=1S/C30H28N2O4.ClH/c1-19-8-7-13-24(27(19)32-28(33)22-11-5-6-12-23(22)29(32)34)30(35)36-18-25-21-14-15-26(25)31(17-21)16-20-9-3-2-4-10-20;/h2-13,21,25-26H,14-18H2,1H3;1H. The highest BCUT2D eigenvalue weighted by Gasteiger charge is 2.47. The number of anilines is 1. The van der Waals surface area contributed by atoms with E-state index in [0.717, 1.165) is 30.8 Å². The molecule has 3 aliphatic rings. The third-order valence-corrected chi connectivity index (χ3v) is 7.98. The summed E-state index contributed by atoms with van der Waals surface area (Å²) in [5.74, 6) is -0.509. The number of likely N-dealkylation sites (tertiary alicyclic amines) is 1. The third kappa shape index (κ3) is 4.34. The van der Waals surface area contributed by atoms with E-state index in [-0.39, 0.29) is 18.0 Å². The Balaban J connectivity index is 0.00000280. The number of hydrogen-bond acceptors (Lipinski definition) is 5. The molecule has 1 saturated carbocycles. The van der Waals surface area contributed by atoms with Gasteiger partial charge in [0.2, 0.25) is 0 Å². The number of esters is 1. The summed E-state index contributed by atoms with van der Waals surface area (Å²) in [7, 11) is 0. The Morgan fingerprint density at radius 3 is 2.27 bits per heavy atom. The highest BCUT2D eigenvalue weighted by molar-refractivity contribution is 6.35. The second-order valence-electron chi connectivity index (χ2n) is 10.0. The zero-order valence-electron chi connectivity index (χ0n) is 20.6. The molecule has 3 atom stereocenters. The fourth-order valence-electron chi connectivity index (χ4n) is 6.25. The Bertz CT molecular complexity index is 1320. The van der Waals surface area contributed by atoms with Crippen molar-refractivity contribution in [3.05, 3.63) is 101 Å². The lowest BCUT2D eigenvalue weighted by Crippen LogP contribution is -2.34. The first-order chi connectivity index (χ1) is 17.5. The maximum Gasteiger partial charge on any atom is 0.340 e. The van der Waals surface area contributed by atoms with Gasteiger partial charge in [0.05, 0.1) is 29.0 Å². The molecule has 3 aromatic carbocycles. The summed E-state index contributed by atoms with van der Waals surface area (Å²) in [4.78, 5) is 43.2. The van der Waals surface area contributed by atoms with Crippen LogP contribution in [0.3, 0.4) is 0 Å². The predicted octanol–water partition coefficient (Wildman–Crippen LogP) is 5.28. The molecule has 3 unspecified atom stereocenters. The molecule has 6 rings (SSSR count). The van der Waals surface area contributed by atoms with E-state index in [2.05, 4.69) is 29.2 Å². The summed E-state index contributed by atoms with van der Waals surface area (Å²) in [6.07, 6.45) is 2.27. The summed E-state index contributed by atoms with van der Waals surface area (Å²) in [6.45, 7) is 4.07. The van der Waals surface area contributed by atoms with Gasteiger partial charge < -0.3 is 4.74 Å². The zero-order valence-corrected chi connectivity index (χ0v) is 21.4. The van der Waals surface area contributed by atoms with Gasteiger partial charge in [-0.3, -0.25) is 14.5 Å². The second kappa shape index (κ2) is 10.1. The number of carbonyl (C=O) groups excluding carboxylic acids is 3. The molecule has 1 aliphatic carbocycles. The molecule has 3 aromatic rings. The van der Waals surface area contributed by atoms with E-state index < -0.39 is 17.8 Å². The molecule has 2 fully saturated rings. The van der Waals surface area contributed by atoms with Crippen molar-refractivity contribution in [2.45, 2.75) is 32.4 Å². The minimum absolute atomic E-state index is 0. The topological polar surface area (TPSA) is 66.9 Å². The lowest BCUT2D eigenvalue weighted by atomic mass is 9.99. The van der Waals surface area contributed by atoms with Gasteiger partial charge in [0.25, 0.3) is 11.8 Å². The van der Waals surface area contributed by atoms with Gasteiger partial charge >= 0.3 is 5.97 Å². The average Bonchev–Trinajstić information content (AvgIpc) is 3.52. The van der Waals surface area contributed by atoms with Gasteiger partial charge in [-0.1, -0.05) is 54.6 Å². The highest BCUT2D eigenvalue weighted by atomic mass is 35.5. The van der Waals surface area contributed by atoms with Crippen molar-refractivity contribution in [2.24, 2.45) is 11.8 Å². The normalized spacial score (nSPS) is 22.2. The molecular formula is C30H29ClN2O4. The van der Waals surface area contributed by atoms with Gasteiger partial charge in [0, 0.05) is 25.0 Å². The molecule has 2 amide bonds. The first-order valence-corrected chi connectivity index (χ1v) is 12.6. The van der Waals surface area contributed by atoms with Crippen LogP contribution in [-0.4, -0.2) is 41.9 Å². The molecule has 7 heteroatoms. The van der Waals surface area contributed by atoms with Crippen molar-refractivity contribution >= 4 is 35.9 Å². The van der Waals surface area contributed by atoms with Gasteiger partial charge in [-0.15, -0.1) is 12.4 Å². The number of rotatable bonds is 6. The summed E-state index contributed by atoms with van der Waals surface area (Å²) >= 11 is 0. The number of aryl methyl sites for hydroxylation is 1. The van der Waals surface area contributed by atoms with Crippen LogP contribution in [0.5, 0.6) is 0 Å². The van der Waals surface area contributed by atoms with Gasteiger partial charge in [0.1, 0.15) is 0 Å². The van der Waals surface area contributed by atoms with Crippen LogP contribution in [0.15, 0.2) is 72.8 Å². The van der Waals surface area contributed by atoms with Crippen LogP contribution in [0, 0.1) is 18.8 Å². The molecule has 1 saturated heterocycles. The number of imide groups is 1. The van der Waals surface area contributed by atoms with Crippen LogP contribution < -0.4 is 4.90 Å². The molecule has 0 radical (unpaired) electrons. The van der Waals surface area contributed by atoms with E-state index in [1.54, 1.807) is 49.4 Å². The fourth-order valence-corrected chi connectivity index (χ4v) is 6.25. The Hall–Kier alpha value is -3.48. The van der Waals surface area contributed by atoms with Crippen LogP contribution in [-0.2, 0) is 11.3 Å². The Morgan fingerprint density at radius 1 is 0.892 bits per heavy atom. The smallest absolute Gasteiger partial charge is 0.340 e. The highest BCUT2D eigenvalue weighted by Crippen LogP contribution is 2.44. The molecule has 2 heterocycles. The molecular weight excluding hydrogens is 488 g/mol. The van der Waals surface area contributed by atoms with E-state index in [1.807, 2.05) is 6.07 Å². The van der Waals surface area contributed by atoms with Crippen LogP contribution in [0.2, 0.25) is 0 Å². The molecule has 0 N–H and O–H groups in total. The number of piperidine rings is 1. The Labute approximate surface area is 222 Å². The lowest BCUT2D eigenvalue weighted by Gasteiger charge is -2.27. The van der Waals surface area contributed by atoms with E-state index in [1.165, 1.54) is 5.56 Å². The van der Waals surface area contributed by atoms with Crippen molar-refractivity contribution in [2.75, 3.05) is 18.1 Å². The van der Waals surface area contributed by atoms with Gasteiger partial charge in [-0.2, -0.15) is 0 Å². The molecule has 0 aromatic heterocycles. The summed E-state index contributed by atoms with van der Waals surface area (Å²) in [6, 6.07) is 22.8. The number of benzene rings is 3. The quantitative estimate of drug-likeness (QED) is 0.329. The van der Waals surface area contributed by atoms with Crippen LogP contribution in [0.25, 0.3) is 0 Å². The summed E-state index contributed by atoms with van der Waals surface area (Å²) < 4.78 is 5.88. The number of ether oxygens (including phenoxy) is 1. The second-order valence-corrected chi connectivity index (χ2v) is 10.0. The monoisotopic (exact) mass is 516 g/mol. The van der Waals surface area contributed by atoms with E-state index in [4.69, 9.17) is 4.74 Å². The van der Waals surface area contributed by atoms with E-state index >= 15 is 0 Å². The Morgan fingerprint density at radius 2 is 1.57 bits per heavy atom. The first kappa shape index (κ1) is 25.2. The molecule has 190 valence electrons. The van der Waals surface area contributed by atoms with Crippen molar-refractivity contribution < 1.29 is 19.1 Å². The molecule has 2 aliphatic heterocycles. The third-order valence-electron chi connectivity index (χ3n) is 7.98. The van der Waals surface area contributed by atoms with E-state index in [9.17, 15) is 14.4 Å². The molecule has 2 bridgehead atoms. The van der Waals surface area contributed by atoms with Crippen molar-refractivity contribution in [1.29, 1.82) is 0 Å². The minimum atomic E-state index is -0.494. The number of fused-ring (bicyclic) bond motifs is 3. The average molecular weight is 517 g/mol. The maximum atomic E-state index is 13.3. The molecule has 0 spiro atoms. The maximum absolute atomic E-state index is 13.3. The van der Waals surface area contributed by atoms with Crippen LogP contribution in [0.1, 0.15) is 55.0 Å².